The van der Waals surface area contributed by atoms with E-state index in [4.69, 9.17) is 0 Å². The Morgan fingerprint density at radius 2 is 1.95 bits per heavy atom. The van der Waals surface area contributed by atoms with Crippen LogP contribution in [-0.4, -0.2) is 31.3 Å². The maximum Gasteiger partial charge on any atom is 0.243 e. The number of hydrogen-bond donors (Lipinski definition) is 1. The molecule has 0 aliphatic heterocycles. The number of rotatable bonds is 6. The normalized spacial score (nSPS) is 11.8. The summed E-state index contributed by atoms with van der Waals surface area (Å²) in [4.78, 5) is 5.41. The van der Waals surface area contributed by atoms with E-state index in [2.05, 4.69) is 10.3 Å². The third-order valence-corrected chi connectivity index (χ3v) is 5.89. The Bertz CT molecular complexity index is 693. The van der Waals surface area contributed by atoms with Crippen molar-refractivity contribution in [2.75, 3.05) is 18.9 Å². The van der Waals surface area contributed by atoms with Gasteiger partial charge in [-0.15, -0.1) is 11.3 Å². The summed E-state index contributed by atoms with van der Waals surface area (Å²) < 4.78 is 26.4. The van der Waals surface area contributed by atoms with Gasteiger partial charge in [0.15, 0.2) is 0 Å². The second-order valence-electron chi connectivity index (χ2n) is 4.68. The van der Waals surface area contributed by atoms with E-state index >= 15 is 0 Å². The molecule has 0 unspecified atom stereocenters. The lowest BCUT2D eigenvalue weighted by Crippen LogP contribution is -2.26. The molecule has 0 atom stereocenters. The van der Waals surface area contributed by atoms with Crippen molar-refractivity contribution in [1.82, 2.24) is 9.29 Å². The lowest BCUT2D eigenvalue weighted by Gasteiger charge is -2.17. The van der Waals surface area contributed by atoms with Crippen molar-refractivity contribution in [1.29, 1.82) is 0 Å². The maximum atomic E-state index is 12.5. The van der Waals surface area contributed by atoms with Crippen LogP contribution >= 0.6 is 11.3 Å². The highest BCUT2D eigenvalue weighted by atomic mass is 32.2. The average Bonchev–Trinajstić information content (AvgIpc) is 2.85. The van der Waals surface area contributed by atoms with Gasteiger partial charge in [-0.05, 0) is 38.1 Å². The van der Waals surface area contributed by atoms with E-state index in [0.717, 1.165) is 22.8 Å². The molecular formula is C14H19N3O2S2. The Labute approximate surface area is 129 Å². The largest absolute Gasteiger partial charge is 0.385 e. The van der Waals surface area contributed by atoms with Gasteiger partial charge in [0.25, 0.3) is 0 Å². The smallest absolute Gasteiger partial charge is 0.243 e. The van der Waals surface area contributed by atoms with Crippen LogP contribution in [0.4, 0.5) is 5.69 Å². The molecule has 1 heterocycles. The summed E-state index contributed by atoms with van der Waals surface area (Å²) in [6.07, 6.45) is 0. The number of nitrogens with one attached hydrogen (secondary N) is 1. The van der Waals surface area contributed by atoms with Gasteiger partial charge in [-0.3, -0.25) is 0 Å². The van der Waals surface area contributed by atoms with Crippen LogP contribution in [0.1, 0.15) is 17.5 Å². The van der Waals surface area contributed by atoms with Crippen molar-refractivity contribution in [3.8, 4) is 0 Å². The molecule has 5 nitrogen and oxygen atoms in total. The highest BCUT2D eigenvalue weighted by molar-refractivity contribution is 7.89. The number of benzene rings is 1. The Hall–Kier alpha value is -1.44. The van der Waals surface area contributed by atoms with E-state index in [0.29, 0.717) is 11.4 Å². The summed E-state index contributed by atoms with van der Waals surface area (Å²) in [6.45, 7) is 5.03. The first-order chi connectivity index (χ1) is 9.95. The molecule has 0 aliphatic carbocycles. The van der Waals surface area contributed by atoms with E-state index < -0.39 is 10.0 Å². The fourth-order valence-corrected chi connectivity index (χ4v) is 3.94. The number of aromatic nitrogens is 1. The molecule has 0 saturated heterocycles. The minimum atomic E-state index is -3.48. The maximum absolute atomic E-state index is 12.5. The van der Waals surface area contributed by atoms with Crippen LogP contribution in [0.3, 0.4) is 0 Å². The molecule has 0 aliphatic rings. The minimum Gasteiger partial charge on any atom is -0.385 e. The predicted molar refractivity (Wildman–Crippen MR) is 86.1 cm³/mol. The average molecular weight is 325 g/mol. The van der Waals surface area contributed by atoms with Crippen molar-refractivity contribution < 1.29 is 8.42 Å². The molecule has 114 valence electrons. The van der Waals surface area contributed by atoms with Gasteiger partial charge in [0, 0.05) is 30.7 Å². The SMILES string of the molecule is CCNc1ccc(S(=O)(=O)N(C)Cc2scnc2C)cc1. The highest BCUT2D eigenvalue weighted by Crippen LogP contribution is 2.21. The topological polar surface area (TPSA) is 62.3 Å². The van der Waals surface area contributed by atoms with Gasteiger partial charge < -0.3 is 5.32 Å². The predicted octanol–water partition coefficient (Wildman–Crippen LogP) is 2.70. The van der Waals surface area contributed by atoms with E-state index in [1.165, 1.54) is 15.6 Å². The molecule has 0 saturated carbocycles. The first kappa shape index (κ1) is 15.9. The number of aryl methyl sites for hydroxylation is 1. The molecule has 0 radical (unpaired) electrons. The van der Waals surface area contributed by atoms with E-state index in [-0.39, 0.29) is 0 Å². The highest BCUT2D eigenvalue weighted by Gasteiger charge is 2.21. The second kappa shape index (κ2) is 6.55. The molecule has 0 fully saturated rings. The van der Waals surface area contributed by atoms with Gasteiger partial charge in [-0.2, -0.15) is 4.31 Å². The van der Waals surface area contributed by atoms with Crippen molar-refractivity contribution in [3.05, 3.63) is 40.3 Å². The Balaban J connectivity index is 2.18. The Morgan fingerprint density at radius 3 is 2.48 bits per heavy atom. The standard InChI is InChI=1S/C14H19N3O2S2/c1-4-15-12-5-7-13(8-6-12)21(18,19)17(3)9-14-11(2)16-10-20-14/h5-8,10,15H,4,9H2,1-3H3. The van der Waals surface area contributed by atoms with Gasteiger partial charge in [0.05, 0.1) is 16.1 Å². The van der Waals surface area contributed by atoms with Crippen LogP contribution in [0.25, 0.3) is 0 Å². The molecular weight excluding hydrogens is 306 g/mol. The molecule has 21 heavy (non-hydrogen) atoms. The van der Waals surface area contributed by atoms with Gasteiger partial charge >= 0.3 is 0 Å². The molecule has 2 aromatic rings. The van der Waals surface area contributed by atoms with Crippen LogP contribution in [0.5, 0.6) is 0 Å². The zero-order chi connectivity index (χ0) is 15.5. The van der Waals surface area contributed by atoms with Crippen LogP contribution in [-0.2, 0) is 16.6 Å². The summed E-state index contributed by atoms with van der Waals surface area (Å²) >= 11 is 1.47. The number of anilines is 1. The lowest BCUT2D eigenvalue weighted by molar-refractivity contribution is 0.468. The summed E-state index contributed by atoms with van der Waals surface area (Å²) in [5, 5.41) is 3.14. The zero-order valence-electron chi connectivity index (χ0n) is 12.3. The first-order valence-electron chi connectivity index (χ1n) is 6.64. The van der Waals surface area contributed by atoms with Crippen LogP contribution in [0.2, 0.25) is 0 Å². The third-order valence-electron chi connectivity index (χ3n) is 3.15. The number of hydrogen-bond acceptors (Lipinski definition) is 5. The van der Waals surface area contributed by atoms with Gasteiger partial charge in [-0.25, -0.2) is 13.4 Å². The fraction of sp³-hybridized carbons (Fsp3) is 0.357. The fourth-order valence-electron chi connectivity index (χ4n) is 1.89. The Kier molecular flexibility index (Phi) is 4.97. The first-order valence-corrected chi connectivity index (χ1v) is 8.96. The van der Waals surface area contributed by atoms with Crippen LogP contribution < -0.4 is 5.32 Å². The zero-order valence-corrected chi connectivity index (χ0v) is 14.0. The van der Waals surface area contributed by atoms with E-state index in [9.17, 15) is 8.42 Å². The minimum absolute atomic E-state index is 0.300. The molecule has 2 rings (SSSR count). The molecule has 0 amide bonds. The van der Waals surface area contributed by atoms with Crippen molar-refractivity contribution in [3.63, 3.8) is 0 Å². The molecule has 1 aromatic heterocycles. The van der Waals surface area contributed by atoms with Crippen molar-refractivity contribution in [2.45, 2.75) is 25.3 Å². The van der Waals surface area contributed by atoms with Crippen LogP contribution in [0, 0.1) is 6.92 Å². The quantitative estimate of drug-likeness (QED) is 0.887. The third kappa shape index (κ3) is 3.61. The molecule has 1 aromatic carbocycles. The second-order valence-corrected chi connectivity index (χ2v) is 7.66. The number of nitrogens with zero attached hydrogens (tertiary/aromatic N) is 2. The van der Waals surface area contributed by atoms with Gasteiger partial charge in [-0.1, -0.05) is 0 Å². The van der Waals surface area contributed by atoms with Crippen LogP contribution in [0.15, 0.2) is 34.7 Å². The summed E-state index contributed by atoms with van der Waals surface area (Å²) in [7, 11) is -1.89. The molecule has 0 spiro atoms. The van der Waals surface area contributed by atoms with Crippen molar-refractivity contribution in [2.24, 2.45) is 0 Å². The summed E-state index contributed by atoms with van der Waals surface area (Å²) in [5.74, 6) is 0. The van der Waals surface area contributed by atoms with Crippen molar-refractivity contribution >= 4 is 27.0 Å². The molecule has 7 heteroatoms. The number of sulfonamides is 1. The Morgan fingerprint density at radius 1 is 1.29 bits per heavy atom. The molecule has 0 bridgehead atoms. The van der Waals surface area contributed by atoms with Gasteiger partial charge in [0.2, 0.25) is 10.0 Å². The summed E-state index contributed by atoms with van der Waals surface area (Å²) in [6, 6.07) is 6.82. The van der Waals surface area contributed by atoms with E-state index in [1.807, 2.05) is 13.8 Å². The number of thiazole rings is 1. The van der Waals surface area contributed by atoms with Gasteiger partial charge in [0.1, 0.15) is 0 Å². The molecule has 1 N–H and O–H groups in total. The van der Waals surface area contributed by atoms with E-state index in [1.54, 1.807) is 36.8 Å². The lowest BCUT2D eigenvalue weighted by atomic mass is 10.3. The monoisotopic (exact) mass is 325 g/mol. The summed E-state index contributed by atoms with van der Waals surface area (Å²) in [5.41, 5.74) is 3.53.